The first-order chi connectivity index (χ1) is 16.2. The van der Waals surface area contributed by atoms with Gasteiger partial charge in [-0.05, 0) is 45.2 Å². The molecule has 1 aromatic heterocycles. The lowest BCUT2D eigenvalue weighted by atomic mass is 9.95. The Labute approximate surface area is 206 Å². The number of halogens is 1. The molecule has 1 amide bonds. The van der Waals surface area contributed by atoms with Crippen molar-refractivity contribution in [2.24, 2.45) is 0 Å². The van der Waals surface area contributed by atoms with Gasteiger partial charge in [0.15, 0.2) is 0 Å². The number of piperazine rings is 1. The van der Waals surface area contributed by atoms with Crippen LogP contribution in [0.1, 0.15) is 49.9 Å². The summed E-state index contributed by atoms with van der Waals surface area (Å²) < 4.78 is 5.56. The topological polar surface area (TPSA) is 72.7 Å². The summed E-state index contributed by atoms with van der Waals surface area (Å²) in [6, 6.07) is 12.7. The molecule has 1 saturated heterocycles. The van der Waals surface area contributed by atoms with Crippen LogP contribution in [0.3, 0.4) is 0 Å². The number of pyridine rings is 1. The number of nitriles is 1. The van der Waals surface area contributed by atoms with Gasteiger partial charge in [-0.3, -0.25) is 4.90 Å². The molecule has 0 radical (unpaired) electrons. The molecule has 180 valence electrons. The Morgan fingerprint density at radius 3 is 2.59 bits per heavy atom. The van der Waals surface area contributed by atoms with E-state index >= 15 is 0 Å². The summed E-state index contributed by atoms with van der Waals surface area (Å²) in [6.07, 6.45) is 0.512. The number of ether oxygens (including phenoxy) is 1. The molecule has 8 heteroatoms. The maximum Gasteiger partial charge on any atom is 0.410 e. The Hall–Kier alpha value is -2.82. The molecule has 3 heterocycles. The van der Waals surface area contributed by atoms with Gasteiger partial charge in [-0.1, -0.05) is 41.9 Å². The molecule has 0 bridgehead atoms. The Balaban J connectivity index is 1.56. The third-order valence-electron chi connectivity index (χ3n) is 6.32. The van der Waals surface area contributed by atoms with E-state index in [1.54, 1.807) is 4.90 Å². The number of nitrogens with zero attached hydrogens (tertiary/aromatic N) is 5. The fourth-order valence-electron chi connectivity index (χ4n) is 4.73. The highest BCUT2D eigenvalue weighted by molar-refractivity contribution is 6.30. The minimum Gasteiger partial charge on any atom is -0.444 e. The molecule has 2 aliphatic heterocycles. The van der Waals surface area contributed by atoms with Gasteiger partial charge >= 0.3 is 6.09 Å². The second-order valence-electron chi connectivity index (χ2n) is 10.1. The van der Waals surface area contributed by atoms with Crippen LogP contribution in [-0.2, 0) is 24.2 Å². The molecule has 0 N–H and O–H groups in total. The zero-order valence-corrected chi connectivity index (χ0v) is 21.1. The molecule has 0 saturated carbocycles. The summed E-state index contributed by atoms with van der Waals surface area (Å²) in [5.41, 5.74) is 3.27. The Morgan fingerprint density at radius 2 is 1.94 bits per heavy atom. The predicted molar refractivity (Wildman–Crippen MR) is 133 cm³/mol. The molecule has 34 heavy (non-hydrogen) atoms. The quantitative estimate of drug-likeness (QED) is 0.596. The van der Waals surface area contributed by atoms with Crippen molar-refractivity contribution in [1.82, 2.24) is 14.8 Å². The summed E-state index contributed by atoms with van der Waals surface area (Å²) in [7, 11) is 0. The average molecular weight is 482 g/mol. The maximum atomic E-state index is 12.6. The lowest BCUT2D eigenvalue weighted by molar-refractivity contribution is 0.0218. The molecule has 1 aromatic carbocycles. The zero-order valence-electron chi connectivity index (χ0n) is 20.3. The van der Waals surface area contributed by atoms with Crippen LogP contribution in [0.5, 0.6) is 0 Å². The molecule has 0 spiro atoms. The number of aromatic nitrogens is 1. The van der Waals surface area contributed by atoms with Crippen molar-refractivity contribution in [3.8, 4) is 6.07 Å². The lowest BCUT2D eigenvalue weighted by Gasteiger charge is -2.42. The van der Waals surface area contributed by atoms with E-state index in [1.807, 2.05) is 39.0 Å². The number of anilines is 1. The molecular weight excluding hydrogens is 450 g/mol. The van der Waals surface area contributed by atoms with Crippen LogP contribution >= 0.6 is 11.6 Å². The van der Waals surface area contributed by atoms with Crippen LogP contribution in [0.15, 0.2) is 30.3 Å². The highest BCUT2D eigenvalue weighted by atomic mass is 35.5. The summed E-state index contributed by atoms with van der Waals surface area (Å²) in [6.45, 7) is 11.8. The fourth-order valence-corrected chi connectivity index (χ4v) is 4.97. The van der Waals surface area contributed by atoms with Crippen molar-refractivity contribution in [3.63, 3.8) is 0 Å². The first-order valence-corrected chi connectivity index (χ1v) is 12.2. The molecule has 1 fully saturated rings. The number of amides is 1. The Morgan fingerprint density at radius 1 is 1.21 bits per heavy atom. The normalized spacial score (nSPS) is 18.9. The van der Waals surface area contributed by atoms with Gasteiger partial charge in [0.05, 0.1) is 5.56 Å². The van der Waals surface area contributed by atoms with E-state index in [4.69, 9.17) is 16.3 Å². The molecule has 2 aromatic rings. The van der Waals surface area contributed by atoms with Crippen LogP contribution in [0, 0.1) is 11.3 Å². The summed E-state index contributed by atoms with van der Waals surface area (Å²) >= 11 is 6.53. The summed E-state index contributed by atoms with van der Waals surface area (Å²) in [4.78, 5) is 23.6. The van der Waals surface area contributed by atoms with Crippen LogP contribution in [0.25, 0.3) is 0 Å². The summed E-state index contributed by atoms with van der Waals surface area (Å²) in [5, 5.41) is 10.1. The van der Waals surface area contributed by atoms with Gasteiger partial charge in [-0.25, -0.2) is 9.78 Å². The van der Waals surface area contributed by atoms with Gasteiger partial charge in [0, 0.05) is 50.9 Å². The van der Waals surface area contributed by atoms with E-state index in [1.165, 1.54) is 5.56 Å². The van der Waals surface area contributed by atoms with E-state index in [2.05, 4.69) is 39.9 Å². The number of hydrogen-bond donors (Lipinski definition) is 0. The van der Waals surface area contributed by atoms with Crippen LogP contribution in [0.4, 0.5) is 10.6 Å². The van der Waals surface area contributed by atoms with Crippen molar-refractivity contribution in [3.05, 3.63) is 57.7 Å². The number of benzene rings is 1. The SMILES string of the molecule is C[C@H]1CN(C(=O)OC(C)(C)C)CCN1c1nc(Cl)c(C#N)c2c1CCN(Cc1ccccc1)C2. The molecule has 0 aliphatic carbocycles. The third kappa shape index (κ3) is 5.29. The van der Waals surface area contributed by atoms with Gasteiger partial charge in [0.2, 0.25) is 0 Å². The van der Waals surface area contributed by atoms with E-state index in [9.17, 15) is 10.1 Å². The van der Waals surface area contributed by atoms with Gasteiger partial charge in [0.25, 0.3) is 0 Å². The minimum atomic E-state index is -0.523. The van der Waals surface area contributed by atoms with Crippen LogP contribution < -0.4 is 4.90 Å². The van der Waals surface area contributed by atoms with Gasteiger partial charge in [-0.15, -0.1) is 0 Å². The fraction of sp³-hybridized carbons (Fsp3) is 0.500. The Kier molecular flexibility index (Phi) is 7.01. The predicted octanol–water partition coefficient (Wildman–Crippen LogP) is 4.61. The second-order valence-corrected chi connectivity index (χ2v) is 10.4. The smallest absolute Gasteiger partial charge is 0.410 e. The molecule has 7 nitrogen and oxygen atoms in total. The largest absolute Gasteiger partial charge is 0.444 e. The maximum absolute atomic E-state index is 12.6. The molecule has 4 rings (SSSR count). The van der Waals surface area contributed by atoms with Crippen molar-refractivity contribution in [2.75, 3.05) is 31.1 Å². The first kappa shape index (κ1) is 24.3. The van der Waals surface area contributed by atoms with Crippen molar-refractivity contribution >= 4 is 23.5 Å². The highest BCUT2D eigenvalue weighted by Crippen LogP contribution is 2.35. The second kappa shape index (κ2) is 9.81. The van der Waals surface area contributed by atoms with E-state index in [-0.39, 0.29) is 17.3 Å². The zero-order chi connectivity index (χ0) is 24.5. The number of fused-ring (bicyclic) bond motifs is 1. The van der Waals surface area contributed by atoms with E-state index in [0.717, 1.165) is 36.5 Å². The highest BCUT2D eigenvalue weighted by Gasteiger charge is 2.34. The molecule has 1 atom stereocenters. The van der Waals surface area contributed by atoms with Crippen molar-refractivity contribution in [1.29, 1.82) is 5.26 Å². The van der Waals surface area contributed by atoms with Gasteiger partial charge in [0.1, 0.15) is 22.6 Å². The molecule has 2 aliphatic rings. The molecular formula is C26H32ClN5O2. The number of carbonyl (C=O) groups excluding carboxylic acids is 1. The van der Waals surface area contributed by atoms with E-state index in [0.29, 0.717) is 31.7 Å². The summed E-state index contributed by atoms with van der Waals surface area (Å²) in [5.74, 6) is 0.842. The average Bonchev–Trinajstić information content (AvgIpc) is 2.78. The number of carbonyl (C=O) groups is 1. The number of hydrogen-bond acceptors (Lipinski definition) is 6. The van der Waals surface area contributed by atoms with E-state index < -0.39 is 5.60 Å². The Bertz CT molecular complexity index is 1090. The third-order valence-corrected chi connectivity index (χ3v) is 6.59. The lowest BCUT2D eigenvalue weighted by Crippen LogP contribution is -2.55. The van der Waals surface area contributed by atoms with Crippen LogP contribution in [0.2, 0.25) is 5.15 Å². The standard InChI is InChI=1S/C26H32ClN5O2/c1-18-15-31(25(33)34-26(2,3)4)12-13-32(18)24-20-10-11-30(16-19-8-6-5-7-9-19)17-22(20)21(14-28)23(27)29-24/h5-9,18H,10-13,15-17H2,1-4H3/t18-/m0/s1. The molecule has 0 unspecified atom stereocenters. The monoisotopic (exact) mass is 481 g/mol. The van der Waals surface area contributed by atoms with Crippen LogP contribution in [-0.4, -0.2) is 58.7 Å². The van der Waals surface area contributed by atoms with Crippen molar-refractivity contribution < 1.29 is 9.53 Å². The van der Waals surface area contributed by atoms with Gasteiger partial charge < -0.3 is 14.5 Å². The van der Waals surface area contributed by atoms with Crippen molar-refractivity contribution in [2.45, 2.75) is 58.8 Å². The minimum absolute atomic E-state index is 0.0456. The van der Waals surface area contributed by atoms with Gasteiger partial charge in [-0.2, -0.15) is 5.26 Å². The number of rotatable bonds is 3. The first-order valence-electron chi connectivity index (χ1n) is 11.8.